The van der Waals surface area contributed by atoms with Gasteiger partial charge in [-0.1, -0.05) is 31.2 Å². The lowest BCUT2D eigenvalue weighted by Crippen LogP contribution is -1.99. The third-order valence-corrected chi connectivity index (χ3v) is 4.70. The lowest BCUT2D eigenvalue weighted by molar-refractivity contribution is 0.104. The quantitative estimate of drug-likeness (QED) is 0.401. The number of ketones is 1. The molecule has 5 nitrogen and oxygen atoms in total. The number of rotatable bonds is 8. The number of phenolic OH excluding ortho intramolecular Hbond substituents is 2. The van der Waals surface area contributed by atoms with Crippen LogP contribution in [0.2, 0.25) is 0 Å². The Hall–Kier alpha value is -3.73. The standard InChI is InChI=1S/C25H24O5/c1-3-17-4-9-21(10-5-17)30-16-19-14-18(7-13-25(19)29-2)6-12-23(27)22-11-8-20(26)15-24(22)28/h4-15,26,28H,3,16H2,1-2H3/b12-6+. The van der Waals surface area contributed by atoms with Gasteiger partial charge in [0, 0.05) is 11.6 Å². The van der Waals surface area contributed by atoms with Crippen LogP contribution in [0.15, 0.2) is 66.7 Å². The lowest BCUT2D eigenvalue weighted by Gasteiger charge is -2.11. The van der Waals surface area contributed by atoms with Gasteiger partial charge in [0.2, 0.25) is 0 Å². The first-order valence-electron chi connectivity index (χ1n) is 9.63. The van der Waals surface area contributed by atoms with Crippen molar-refractivity contribution in [2.75, 3.05) is 7.11 Å². The van der Waals surface area contributed by atoms with Crippen molar-refractivity contribution in [3.63, 3.8) is 0 Å². The number of hydrogen-bond donors (Lipinski definition) is 2. The monoisotopic (exact) mass is 404 g/mol. The number of phenols is 2. The minimum absolute atomic E-state index is 0.0999. The summed E-state index contributed by atoms with van der Waals surface area (Å²) in [4.78, 5) is 12.3. The van der Waals surface area contributed by atoms with Gasteiger partial charge in [-0.25, -0.2) is 0 Å². The summed E-state index contributed by atoms with van der Waals surface area (Å²) in [5.41, 5.74) is 3.01. The number of carbonyl (C=O) groups is 1. The molecule has 0 aliphatic rings. The summed E-state index contributed by atoms with van der Waals surface area (Å²) >= 11 is 0. The Balaban J connectivity index is 1.74. The van der Waals surface area contributed by atoms with E-state index in [9.17, 15) is 15.0 Å². The second-order valence-corrected chi connectivity index (χ2v) is 6.76. The van der Waals surface area contributed by atoms with Crippen molar-refractivity contribution in [1.82, 2.24) is 0 Å². The molecule has 0 spiro atoms. The predicted molar refractivity (Wildman–Crippen MR) is 116 cm³/mol. The molecule has 0 saturated carbocycles. The van der Waals surface area contributed by atoms with E-state index in [4.69, 9.17) is 9.47 Å². The van der Waals surface area contributed by atoms with Crippen molar-refractivity contribution < 1.29 is 24.5 Å². The maximum absolute atomic E-state index is 12.3. The molecule has 3 aromatic rings. The number of benzene rings is 3. The van der Waals surface area contributed by atoms with Crippen LogP contribution in [0, 0.1) is 0 Å². The Kier molecular flexibility index (Phi) is 6.75. The van der Waals surface area contributed by atoms with E-state index in [1.807, 2.05) is 42.5 Å². The van der Waals surface area contributed by atoms with Gasteiger partial charge in [0.25, 0.3) is 0 Å². The number of methoxy groups -OCH3 is 1. The molecule has 0 amide bonds. The zero-order chi connectivity index (χ0) is 21.5. The van der Waals surface area contributed by atoms with Crippen molar-refractivity contribution in [1.29, 1.82) is 0 Å². The molecule has 5 heteroatoms. The second kappa shape index (κ2) is 9.65. The Morgan fingerprint density at radius 1 is 1.00 bits per heavy atom. The fourth-order valence-electron chi connectivity index (χ4n) is 2.99. The second-order valence-electron chi connectivity index (χ2n) is 6.76. The summed E-state index contributed by atoms with van der Waals surface area (Å²) < 4.78 is 11.3. The van der Waals surface area contributed by atoms with Crippen molar-refractivity contribution >= 4 is 11.9 Å². The molecular formula is C25H24O5. The van der Waals surface area contributed by atoms with Crippen LogP contribution in [-0.4, -0.2) is 23.1 Å². The molecule has 0 unspecified atom stereocenters. The lowest BCUT2D eigenvalue weighted by atomic mass is 10.1. The molecule has 0 saturated heterocycles. The molecule has 0 fully saturated rings. The zero-order valence-corrected chi connectivity index (χ0v) is 17.0. The van der Waals surface area contributed by atoms with E-state index in [0.717, 1.165) is 29.4 Å². The third-order valence-electron chi connectivity index (χ3n) is 4.70. The van der Waals surface area contributed by atoms with Crippen LogP contribution in [-0.2, 0) is 13.0 Å². The fraction of sp³-hybridized carbons (Fsp3) is 0.160. The first kappa shape index (κ1) is 21.0. The summed E-state index contributed by atoms with van der Waals surface area (Å²) in [5, 5.41) is 19.2. The number of allylic oxidation sites excluding steroid dienone is 1. The maximum atomic E-state index is 12.3. The largest absolute Gasteiger partial charge is 0.508 e. The highest BCUT2D eigenvalue weighted by atomic mass is 16.5. The highest BCUT2D eigenvalue weighted by molar-refractivity contribution is 6.08. The molecular weight excluding hydrogens is 380 g/mol. The molecule has 0 bridgehead atoms. The smallest absolute Gasteiger partial charge is 0.189 e. The molecule has 0 heterocycles. The third kappa shape index (κ3) is 5.20. The van der Waals surface area contributed by atoms with Crippen molar-refractivity contribution in [2.45, 2.75) is 20.0 Å². The first-order valence-corrected chi connectivity index (χ1v) is 9.63. The van der Waals surface area contributed by atoms with Crippen LogP contribution >= 0.6 is 0 Å². The van der Waals surface area contributed by atoms with Crippen LogP contribution in [0.5, 0.6) is 23.0 Å². The molecule has 3 rings (SSSR count). The minimum Gasteiger partial charge on any atom is -0.508 e. The molecule has 0 aliphatic carbocycles. The zero-order valence-electron chi connectivity index (χ0n) is 17.0. The fourth-order valence-corrected chi connectivity index (χ4v) is 2.99. The average Bonchev–Trinajstić information content (AvgIpc) is 2.76. The molecule has 154 valence electrons. The summed E-state index contributed by atoms with van der Waals surface area (Å²) in [7, 11) is 1.60. The van der Waals surface area contributed by atoms with Crippen molar-refractivity contribution in [2.24, 2.45) is 0 Å². The molecule has 0 aliphatic heterocycles. The Labute approximate surface area is 175 Å². The van der Waals surface area contributed by atoms with E-state index >= 15 is 0 Å². The van der Waals surface area contributed by atoms with Crippen molar-refractivity contribution in [3.05, 3.63) is 89.0 Å². The van der Waals surface area contributed by atoms with Gasteiger partial charge < -0.3 is 19.7 Å². The highest BCUT2D eigenvalue weighted by Crippen LogP contribution is 2.25. The number of hydrogen-bond acceptors (Lipinski definition) is 5. The normalized spacial score (nSPS) is 10.9. The van der Waals surface area contributed by atoms with Crippen LogP contribution in [0.1, 0.15) is 34.0 Å². The number of aromatic hydroxyl groups is 2. The SMILES string of the molecule is CCc1ccc(OCc2cc(/C=C/C(=O)c3ccc(O)cc3O)ccc2OC)cc1. The molecule has 2 N–H and O–H groups in total. The van der Waals surface area contributed by atoms with E-state index < -0.39 is 0 Å². The predicted octanol–water partition coefficient (Wildman–Crippen LogP) is 5.14. The Morgan fingerprint density at radius 3 is 2.43 bits per heavy atom. The summed E-state index contributed by atoms with van der Waals surface area (Å²) in [5.74, 6) is 0.741. The molecule has 30 heavy (non-hydrogen) atoms. The maximum Gasteiger partial charge on any atom is 0.189 e. The van der Waals surface area contributed by atoms with Gasteiger partial charge in [0.05, 0.1) is 12.7 Å². The van der Waals surface area contributed by atoms with Gasteiger partial charge >= 0.3 is 0 Å². The Bertz CT molecular complexity index is 1050. The van der Waals surface area contributed by atoms with E-state index in [1.165, 1.54) is 23.8 Å². The van der Waals surface area contributed by atoms with E-state index in [0.29, 0.717) is 12.4 Å². The molecule has 3 aromatic carbocycles. The van der Waals surface area contributed by atoms with Crippen LogP contribution in [0.25, 0.3) is 6.08 Å². The van der Waals surface area contributed by atoms with Gasteiger partial charge in [0.15, 0.2) is 5.78 Å². The summed E-state index contributed by atoms with van der Waals surface area (Å²) in [6.07, 6.45) is 4.01. The minimum atomic E-state index is -0.364. The van der Waals surface area contributed by atoms with Crippen LogP contribution in [0.3, 0.4) is 0 Å². The molecule has 0 atom stereocenters. The Morgan fingerprint density at radius 2 is 1.77 bits per heavy atom. The summed E-state index contributed by atoms with van der Waals surface area (Å²) in [6, 6.07) is 17.4. The first-order chi connectivity index (χ1) is 14.5. The van der Waals surface area contributed by atoms with Crippen molar-refractivity contribution in [3.8, 4) is 23.0 Å². The number of ether oxygens (including phenoxy) is 2. The molecule has 0 aromatic heterocycles. The summed E-state index contributed by atoms with van der Waals surface area (Å²) in [6.45, 7) is 2.43. The highest BCUT2D eigenvalue weighted by Gasteiger charge is 2.09. The number of aryl methyl sites for hydroxylation is 1. The average molecular weight is 404 g/mol. The molecule has 0 radical (unpaired) electrons. The van der Waals surface area contributed by atoms with Gasteiger partial charge in [-0.3, -0.25) is 4.79 Å². The van der Waals surface area contributed by atoms with Gasteiger partial charge in [0.1, 0.15) is 29.6 Å². The van der Waals surface area contributed by atoms with E-state index in [2.05, 4.69) is 6.92 Å². The van der Waals surface area contributed by atoms with Gasteiger partial charge in [-0.2, -0.15) is 0 Å². The topological polar surface area (TPSA) is 76.0 Å². The van der Waals surface area contributed by atoms with Gasteiger partial charge in [-0.15, -0.1) is 0 Å². The number of carbonyl (C=O) groups excluding carboxylic acids is 1. The van der Waals surface area contributed by atoms with Gasteiger partial charge in [-0.05, 0) is 60.0 Å². The van der Waals surface area contributed by atoms with E-state index in [-0.39, 0.29) is 22.8 Å². The van der Waals surface area contributed by atoms with Crippen LogP contribution in [0.4, 0.5) is 0 Å². The van der Waals surface area contributed by atoms with E-state index in [1.54, 1.807) is 13.2 Å². The van der Waals surface area contributed by atoms with Crippen LogP contribution < -0.4 is 9.47 Å².